The van der Waals surface area contributed by atoms with E-state index in [1.54, 1.807) is 0 Å². The Morgan fingerprint density at radius 1 is 1.57 bits per heavy atom. The zero-order chi connectivity index (χ0) is 10.3. The van der Waals surface area contributed by atoms with E-state index in [4.69, 9.17) is 9.84 Å². The molecule has 0 aromatic heterocycles. The third-order valence-electron chi connectivity index (χ3n) is 2.89. The molecule has 2 rings (SSSR count). The van der Waals surface area contributed by atoms with Crippen molar-refractivity contribution in [2.45, 2.75) is 25.7 Å². The molecule has 2 N–H and O–H groups in total. The molecule has 2 fully saturated rings. The molecule has 2 saturated heterocycles. The summed E-state index contributed by atoms with van der Waals surface area (Å²) < 4.78 is 5.76. The smallest absolute Gasteiger partial charge is 0.407 e. The fourth-order valence-corrected chi connectivity index (χ4v) is 2.12. The highest BCUT2D eigenvalue weighted by Gasteiger charge is 2.42. The summed E-state index contributed by atoms with van der Waals surface area (Å²) in [4.78, 5) is 12.2. The van der Waals surface area contributed by atoms with Crippen molar-refractivity contribution >= 4 is 6.09 Å². The van der Waals surface area contributed by atoms with Crippen LogP contribution >= 0.6 is 0 Å². The van der Waals surface area contributed by atoms with Gasteiger partial charge in [0.15, 0.2) is 0 Å². The molecule has 0 spiro atoms. The van der Waals surface area contributed by atoms with Gasteiger partial charge in [-0.15, -0.1) is 0 Å². The fourth-order valence-electron chi connectivity index (χ4n) is 2.12. The molecule has 14 heavy (non-hydrogen) atoms. The second-order valence-electron chi connectivity index (χ2n) is 4.50. The topological polar surface area (TPSA) is 61.8 Å². The van der Waals surface area contributed by atoms with Crippen molar-refractivity contribution in [1.29, 1.82) is 0 Å². The molecule has 2 aliphatic heterocycles. The van der Waals surface area contributed by atoms with Gasteiger partial charge in [-0.25, -0.2) is 4.79 Å². The average molecular weight is 200 g/mol. The Bertz CT molecular complexity index is 254. The summed E-state index contributed by atoms with van der Waals surface area (Å²) in [5, 5.41) is 12.1. The van der Waals surface area contributed by atoms with Crippen LogP contribution in [0.5, 0.6) is 0 Å². The van der Waals surface area contributed by atoms with Crippen LogP contribution in [0, 0.1) is 5.92 Å². The second-order valence-corrected chi connectivity index (χ2v) is 4.50. The van der Waals surface area contributed by atoms with Gasteiger partial charge in [0.25, 0.3) is 0 Å². The normalized spacial score (nSPS) is 35.4. The molecule has 0 aromatic carbocycles. The molecule has 2 aliphatic rings. The quantitative estimate of drug-likeness (QED) is 0.591. The minimum absolute atomic E-state index is 0.0577. The van der Waals surface area contributed by atoms with Crippen molar-refractivity contribution in [1.82, 2.24) is 10.2 Å². The number of carbonyl (C=O) groups is 1. The Morgan fingerprint density at radius 3 is 2.93 bits per heavy atom. The number of likely N-dealkylation sites (tertiary alicyclic amines) is 1. The van der Waals surface area contributed by atoms with E-state index in [1.807, 2.05) is 13.8 Å². The van der Waals surface area contributed by atoms with E-state index in [1.165, 1.54) is 4.90 Å². The molecule has 80 valence electrons. The number of fused-ring (bicyclic) bond motifs is 1. The summed E-state index contributed by atoms with van der Waals surface area (Å²) >= 11 is 0. The van der Waals surface area contributed by atoms with Crippen molar-refractivity contribution in [3.05, 3.63) is 0 Å². The van der Waals surface area contributed by atoms with E-state index >= 15 is 0 Å². The summed E-state index contributed by atoms with van der Waals surface area (Å²) in [6.07, 6.45) is -0.789. The predicted octanol–water partition coefficient (Wildman–Crippen LogP) is 0.321. The summed E-state index contributed by atoms with van der Waals surface area (Å²) in [5.41, 5.74) is -0.324. The maximum Gasteiger partial charge on any atom is 0.407 e. The van der Waals surface area contributed by atoms with E-state index in [-0.39, 0.29) is 11.8 Å². The SMILES string of the molecule is CC1(C)NC[C@H]2CN(C(=O)O)C[C@H]2O1. The van der Waals surface area contributed by atoms with Gasteiger partial charge in [0.05, 0.1) is 12.6 Å². The van der Waals surface area contributed by atoms with Crippen molar-refractivity contribution in [2.24, 2.45) is 5.92 Å². The van der Waals surface area contributed by atoms with Gasteiger partial charge in [-0.2, -0.15) is 0 Å². The molecule has 5 nitrogen and oxygen atoms in total. The van der Waals surface area contributed by atoms with Crippen molar-refractivity contribution in [3.63, 3.8) is 0 Å². The number of nitrogens with zero attached hydrogens (tertiary/aromatic N) is 1. The lowest BCUT2D eigenvalue weighted by Crippen LogP contribution is -2.54. The van der Waals surface area contributed by atoms with Gasteiger partial charge in [-0.3, -0.25) is 5.32 Å². The minimum Gasteiger partial charge on any atom is -0.465 e. The Morgan fingerprint density at radius 2 is 2.29 bits per heavy atom. The molecular formula is C9H16N2O3. The zero-order valence-corrected chi connectivity index (χ0v) is 8.49. The van der Waals surface area contributed by atoms with Gasteiger partial charge in [0.1, 0.15) is 5.72 Å². The number of hydrogen-bond donors (Lipinski definition) is 2. The van der Waals surface area contributed by atoms with Crippen LogP contribution in [0.1, 0.15) is 13.8 Å². The number of rotatable bonds is 0. The van der Waals surface area contributed by atoms with Gasteiger partial charge in [-0.1, -0.05) is 0 Å². The van der Waals surface area contributed by atoms with Crippen molar-refractivity contribution in [3.8, 4) is 0 Å². The number of hydrogen-bond acceptors (Lipinski definition) is 3. The number of ether oxygens (including phenoxy) is 1. The molecule has 5 heteroatoms. The van der Waals surface area contributed by atoms with Gasteiger partial charge >= 0.3 is 6.09 Å². The summed E-state index contributed by atoms with van der Waals surface area (Å²) in [6.45, 7) is 5.86. The van der Waals surface area contributed by atoms with Crippen LogP contribution in [-0.2, 0) is 4.74 Å². The Hall–Kier alpha value is -0.810. The molecule has 2 heterocycles. The summed E-state index contributed by atoms with van der Waals surface area (Å²) in [7, 11) is 0. The molecule has 0 unspecified atom stereocenters. The lowest BCUT2D eigenvalue weighted by Gasteiger charge is -2.38. The van der Waals surface area contributed by atoms with Crippen LogP contribution in [0.15, 0.2) is 0 Å². The molecule has 0 saturated carbocycles. The first-order valence-electron chi connectivity index (χ1n) is 4.89. The first-order valence-corrected chi connectivity index (χ1v) is 4.89. The van der Waals surface area contributed by atoms with Crippen molar-refractivity contribution in [2.75, 3.05) is 19.6 Å². The number of amides is 1. The maximum atomic E-state index is 10.8. The standard InChI is InChI=1S/C9H16N2O3/c1-9(2)10-3-6-4-11(8(12)13)5-7(6)14-9/h6-7,10H,3-5H2,1-2H3,(H,12,13)/t6-,7+/m0/s1. The van der Waals surface area contributed by atoms with Crippen LogP contribution in [0.4, 0.5) is 4.79 Å². The van der Waals surface area contributed by atoms with E-state index < -0.39 is 6.09 Å². The Balaban J connectivity index is 2.02. The van der Waals surface area contributed by atoms with E-state index in [9.17, 15) is 4.79 Å². The fraction of sp³-hybridized carbons (Fsp3) is 0.889. The summed E-state index contributed by atoms with van der Waals surface area (Å²) in [5.74, 6) is 0.305. The predicted molar refractivity (Wildman–Crippen MR) is 50.0 cm³/mol. The second kappa shape index (κ2) is 3.10. The monoisotopic (exact) mass is 200 g/mol. The van der Waals surface area contributed by atoms with Crippen LogP contribution in [0.25, 0.3) is 0 Å². The third kappa shape index (κ3) is 1.69. The lowest BCUT2D eigenvalue weighted by atomic mass is 10.0. The number of nitrogens with one attached hydrogen (secondary N) is 1. The first-order chi connectivity index (χ1) is 6.48. The highest BCUT2D eigenvalue weighted by molar-refractivity contribution is 5.65. The molecule has 1 amide bonds. The van der Waals surface area contributed by atoms with Gasteiger partial charge in [0.2, 0.25) is 0 Å². The van der Waals surface area contributed by atoms with Crippen LogP contribution < -0.4 is 5.32 Å². The molecule has 0 bridgehead atoms. The van der Waals surface area contributed by atoms with E-state index in [0.29, 0.717) is 19.0 Å². The zero-order valence-electron chi connectivity index (χ0n) is 8.49. The number of carboxylic acid groups (broad SMARTS) is 1. The molecular weight excluding hydrogens is 184 g/mol. The van der Waals surface area contributed by atoms with E-state index in [2.05, 4.69) is 5.32 Å². The summed E-state index contributed by atoms with van der Waals surface area (Å²) in [6, 6.07) is 0. The maximum absolute atomic E-state index is 10.8. The van der Waals surface area contributed by atoms with Crippen LogP contribution in [0.2, 0.25) is 0 Å². The molecule has 2 atom stereocenters. The van der Waals surface area contributed by atoms with Gasteiger partial charge in [0, 0.05) is 19.0 Å². The molecule has 0 radical (unpaired) electrons. The van der Waals surface area contributed by atoms with E-state index in [0.717, 1.165) is 6.54 Å². The minimum atomic E-state index is -0.846. The Kier molecular flexibility index (Phi) is 2.16. The lowest BCUT2D eigenvalue weighted by molar-refractivity contribution is -0.130. The first kappa shape index (κ1) is 9.73. The van der Waals surface area contributed by atoms with Crippen LogP contribution in [0.3, 0.4) is 0 Å². The van der Waals surface area contributed by atoms with Crippen LogP contribution in [-0.4, -0.2) is 47.6 Å². The highest BCUT2D eigenvalue weighted by Crippen LogP contribution is 2.27. The average Bonchev–Trinajstić information content (AvgIpc) is 2.45. The molecule has 0 aromatic rings. The highest BCUT2D eigenvalue weighted by atomic mass is 16.5. The largest absolute Gasteiger partial charge is 0.465 e. The van der Waals surface area contributed by atoms with Gasteiger partial charge in [-0.05, 0) is 13.8 Å². The Labute approximate surface area is 83.0 Å². The van der Waals surface area contributed by atoms with Gasteiger partial charge < -0.3 is 14.7 Å². The third-order valence-corrected chi connectivity index (χ3v) is 2.89. The molecule has 0 aliphatic carbocycles. The van der Waals surface area contributed by atoms with Crippen molar-refractivity contribution < 1.29 is 14.6 Å².